The SMILES string of the molecule is CN(C)CCNC(=O)N(c1cccc(C(F)(F)F)c1)c1nc(-c2cccnc2)cs1. The highest BCUT2D eigenvalue weighted by Crippen LogP contribution is 2.36. The zero-order valence-electron chi connectivity index (χ0n) is 16.3. The van der Waals surface area contributed by atoms with E-state index in [0.717, 1.165) is 33.9 Å². The molecule has 158 valence electrons. The van der Waals surface area contributed by atoms with Crippen LogP contribution in [0.5, 0.6) is 0 Å². The summed E-state index contributed by atoms with van der Waals surface area (Å²) in [4.78, 5) is 24.5. The van der Waals surface area contributed by atoms with Crippen LogP contribution >= 0.6 is 11.3 Å². The summed E-state index contributed by atoms with van der Waals surface area (Å²) in [6, 6.07) is 7.65. The molecule has 3 rings (SSSR count). The van der Waals surface area contributed by atoms with Gasteiger partial charge < -0.3 is 10.2 Å². The lowest BCUT2D eigenvalue weighted by molar-refractivity contribution is -0.137. The van der Waals surface area contributed by atoms with Gasteiger partial charge in [-0.3, -0.25) is 4.98 Å². The Morgan fingerprint density at radius 1 is 1.20 bits per heavy atom. The number of likely N-dealkylation sites (N-methyl/N-ethyl adjacent to an activating group) is 1. The van der Waals surface area contributed by atoms with Crippen LogP contribution in [0.15, 0.2) is 54.2 Å². The van der Waals surface area contributed by atoms with Crippen LogP contribution in [0.2, 0.25) is 0 Å². The fraction of sp³-hybridized carbons (Fsp3) is 0.250. The molecule has 0 saturated heterocycles. The molecule has 0 fully saturated rings. The van der Waals surface area contributed by atoms with Gasteiger partial charge in [-0.1, -0.05) is 6.07 Å². The normalized spacial score (nSPS) is 11.5. The molecule has 10 heteroatoms. The molecule has 2 aromatic heterocycles. The lowest BCUT2D eigenvalue weighted by Crippen LogP contribution is -2.40. The zero-order chi connectivity index (χ0) is 21.7. The van der Waals surface area contributed by atoms with Crippen molar-refractivity contribution in [3.8, 4) is 11.3 Å². The Bertz CT molecular complexity index is 991. The summed E-state index contributed by atoms with van der Waals surface area (Å²) in [5.74, 6) is 0. The molecule has 6 nitrogen and oxygen atoms in total. The van der Waals surface area contributed by atoms with Crippen molar-refractivity contribution in [1.82, 2.24) is 20.2 Å². The molecule has 2 amide bonds. The summed E-state index contributed by atoms with van der Waals surface area (Å²) in [5, 5.41) is 4.73. The number of aromatic nitrogens is 2. The molecule has 1 N–H and O–H groups in total. The first-order valence-corrected chi connectivity index (χ1v) is 9.89. The van der Waals surface area contributed by atoms with Crippen molar-refractivity contribution < 1.29 is 18.0 Å². The minimum Gasteiger partial charge on any atom is -0.336 e. The largest absolute Gasteiger partial charge is 0.416 e. The predicted octanol–water partition coefficient (Wildman–Crippen LogP) is 4.63. The van der Waals surface area contributed by atoms with Gasteiger partial charge in [0.2, 0.25) is 0 Å². The number of nitrogens with one attached hydrogen (secondary N) is 1. The molecule has 0 aliphatic carbocycles. The second-order valence-corrected chi connectivity index (χ2v) is 7.51. The summed E-state index contributed by atoms with van der Waals surface area (Å²) in [6.45, 7) is 0.920. The van der Waals surface area contributed by atoms with E-state index in [-0.39, 0.29) is 10.8 Å². The molecule has 0 bridgehead atoms. The number of benzene rings is 1. The van der Waals surface area contributed by atoms with Crippen LogP contribution in [0.4, 0.5) is 28.8 Å². The van der Waals surface area contributed by atoms with Crippen LogP contribution in [0.3, 0.4) is 0 Å². The summed E-state index contributed by atoms with van der Waals surface area (Å²) in [5.41, 5.74) is 0.576. The molecule has 3 aromatic rings. The van der Waals surface area contributed by atoms with Gasteiger partial charge in [0.25, 0.3) is 0 Å². The summed E-state index contributed by atoms with van der Waals surface area (Å²) in [7, 11) is 3.72. The number of pyridine rings is 1. The lowest BCUT2D eigenvalue weighted by Gasteiger charge is -2.22. The van der Waals surface area contributed by atoms with Crippen LogP contribution in [0.25, 0.3) is 11.3 Å². The second kappa shape index (κ2) is 9.23. The molecule has 1 aromatic carbocycles. The average Bonchev–Trinajstić information content (AvgIpc) is 3.18. The van der Waals surface area contributed by atoms with Crippen LogP contribution in [-0.2, 0) is 6.18 Å². The monoisotopic (exact) mass is 435 g/mol. The number of thiazole rings is 1. The molecular formula is C20H20F3N5OS. The summed E-state index contributed by atoms with van der Waals surface area (Å²) in [6.07, 6.45) is -1.26. The Morgan fingerprint density at radius 3 is 2.67 bits per heavy atom. The minimum atomic E-state index is -4.52. The lowest BCUT2D eigenvalue weighted by atomic mass is 10.2. The van der Waals surface area contributed by atoms with E-state index in [1.54, 1.807) is 23.8 Å². The Morgan fingerprint density at radius 2 is 2.00 bits per heavy atom. The van der Waals surface area contributed by atoms with Crippen LogP contribution < -0.4 is 10.2 Å². The van der Waals surface area contributed by atoms with Crippen molar-refractivity contribution in [3.63, 3.8) is 0 Å². The number of rotatable bonds is 6. The van der Waals surface area contributed by atoms with Gasteiger partial charge in [0.1, 0.15) is 0 Å². The number of nitrogens with zero attached hydrogens (tertiary/aromatic N) is 4. The molecule has 0 radical (unpaired) electrons. The topological polar surface area (TPSA) is 61.4 Å². The zero-order valence-corrected chi connectivity index (χ0v) is 17.2. The van der Waals surface area contributed by atoms with Gasteiger partial charge >= 0.3 is 12.2 Å². The molecule has 0 unspecified atom stereocenters. The molecular weight excluding hydrogens is 415 g/mol. The second-order valence-electron chi connectivity index (χ2n) is 6.68. The first-order chi connectivity index (χ1) is 14.3. The highest BCUT2D eigenvalue weighted by atomic mass is 32.1. The van der Waals surface area contributed by atoms with E-state index >= 15 is 0 Å². The van der Waals surface area contributed by atoms with E-state index in [0.29, 0.717) is 18.8 Å². The van der Waals surface area contributed by atoms with Gasteiger partial charge in [-0.25, -0.2) is 14.7 Å². The van der Waals surface area contributed by atoms with E-state index in [1.165, 1.54) is 12.1 Å². The van der Waals surface area contributed by atoms with Crippen molar-refractivity contribution in [2.75, 3.05) is 32.1 Å². The molecule has 0 atom stereocenters. The van der Waals surface area contributed by atoms with E-state index in [2.05, 4.69) is 15.3 Å². The Hall–Kier alpha value is -2.98. The number of carbonyl (C=O) groups excluding carboxylic acids is 1. The number of amides is 2. The average molecular weight is 435 g/mol. The van der Waals surface area contributed by atoms with E-state index in [1.807, 2.05) is 25.1 Å². The molecule has 0 spiro atoms. The van der Waals surface area contributed by atoms with E-state index < -0.39 is 17.8 Å². The number of alkyl halides is 3. The number of hydrogen-bond acceptors (Lipinski definition) is 5. The van der Waals surface area contributed by atoms with Crippen molar-refractivity contribution in [2.45, 2.75) is 6.18 Å². The molecule has 0 aliphatic rings. The molecule has 0 aliphatic heterocycles. The van der Waals surface area contributed by atoms with Crippen LogP contribution in [0.1, 0.15) is 5.56 Å². The smallest absolute Gasteiger partial charge is 0.336 e. The van der Waals surface area contributed by atoms with Crippen LogP contribution in [0, 0.1) is 0 Å². The first kappa shape index (κ1) is 21.7. The highest BCUT2D eigenvalue weighted by molar-refractivity contribution is 7.14. The third-order valence-electron chi connectivity index (χ3n) is 4.11. The number of carbonyl (C=O) groups is 1. The third-order valence-corrected chi connectivity index (χ3v) is 4.94. The van der Waals surface area contributed by atoms with Crippen molar-refractivity contribution in [2.24, 2.45) is 0 Å². The van der Waals surface area contributed by atoms with E-state index in [4.69, 9.17) is 0 Å². The number of anilines is 2. The molecule has 30 heavy (non-hydrogen) atoms. The fourth-order valence-electron chi connectivity index (χ4n) is 2.62. The van der Waals surface area contributed by atoms with Gasteiger partial charge in [-0.15, -0.1) is 11.3 Å². The Labute approximate surface area is 176 Å². The number of hydrogen-bond donors (Lipinski definition) is 1. The van der Waals surface area contributed by atoms with Crippen molar-refractivity contribution in [1.29, 1.82) is 0 Å². The van der Waals surface area contributed by atoms with Gasteiger partial charge in [-0.2, -0.15) is 13.2 Å². The van der Waals surface area contributed by atoms with E-state index in [9.17, 15) is 18.0 Å². The van der Waals surface area contributed by atoms with Gasteiger partial charge in [-0.05, 0) is 44.4 Å². The highest BCUT2D eigenvalue weighted by Gasteiger charge is 2.32. The van der Waals surface area contributed by atoms with Crippen LogP contribution in [-0.4, -0.2) is 48.1 Å². The predicted molar refractivity (Wildman–Crippen MR) is 111 cm³/mol. The quantitative estimate of drug-likeness (QED) is 0.613. The first-order valence-electron chi connectivity index (χ1n) is 9.01. The summed E-state index contributed by atoms with van der Waals surface area (Å²) < 4.78 is 39.6. The maximum Gasteiger partial charge on any atom is 0.416 e. The third kappa shape index (κ3) is 5.33. The Kier molecular flexibility index (Phi) is 6.68. The summed E-state index contributed by atoms with van der Waals surface area (Å²) >= 11 is 1.16. The van der Waals surface area contributed by atoms with Crippen molar-refractivity contribution in [3.05, 3.63) is 59.7 Å². The molecule has 0 saturated carbocycles. The van der Waals surface area contributed by atoms with Gasteiger partial charge in [0, 0.05) is 36.4 Å². The maximum atomic E-state index is 13.2. The fourth-order valence-corrected chi connectivity index (χ4v) is 3.47. The molecule has 2 heterocycles. The standard InChI is InChI=1S/C20H20F3N5OS/c1-27(2)10-9-25-18(29)28(16-7-3-6-15(11-16)20(21,22)23)19-26-17(13-30-19)14-5-4-8-24-12-14/h3-8,11-13H,9-10H2,1-2H3,(H,25,29). The Balaban J connectivity index is 1.96. The minimum absolute atomic E-state index is 0.0827. The number of halogens is 3. The number of urea groups is 1. The van der Waals surface area contributed by atoms with Gasteiger partial charge in [0.15, 0.2) is 5.13 Å². The van der Waals surface area contributed by atoms with Crippen molar-refractivity contribution >= 4 is 28.2 Å². The van der Waals surface area contributed by atoms with Gasteiger partial charge in [0.05, 0.1) is 16.9 Å². The maximum absolute atomic E-state index is 13.2.